The SMILES string of the molecule is COc1cccc(COc2cccc(Cl)c2CCN)c1F. The maximum Gasteiger partial charge on any atom is 0.171 e. The average molecular weight is 310 g/mol. The van der Waals surface area contributed by atoms with Crippen molar-refractivity contribution >= 4 is 11.6 Å². The molecule has 2 N–H and O–H groups in total. The third-order valence-electron chi connectivity index (χ3n) is 3.12. The minimum Gasteiger partial charge on any atom is -0.494 e. The zero-order chi connectivity index (χ0) is 15.2. The molecule has 21 heavy (non-hydrogen) atoms. The molecule has 0 aliphatic rings. The quantitative estimate of drug-likeness (QED) is 0.887. The van der Waals surface area contributed by atoms with Gasteiger partial charge in [-0.05, 0) is 31.2 Å². The molecule has 2 aromatic carbocycles. The summed E-state index contributed by atoms with van der Waals surface area (Å²) in [5.74, 6) is 0.405. The maximum absolute atomic E-state index is 14.1. The molecule has 0 spiro atoms. The van der Waals surface area contributed by atoms with Crippen LogP contribution < -0.4 is 15.2 Å². The van der Waals surface area contributed by atoms with Crippen molar-refractivity contribution in [3.63, 3.8) is 0 Å². The van der Waals surface area contributed by atoms with E-state index < -0.39 is 5.82 Å². The second-order valence-corrected chi connectivity index (χ2v) is 4.88. The summed E-state index contributed by atoms with van der Waals surface area (Å²) >= 11 is 6.14. The number of rotatable bonds is 6. The van der Waals surface area contributed by atoms with Gasteiger partial charge in [0.1, 0.15) is 12.4 Å². The van der Waals surface area contributed by atoms with Crippen LogP contribution in [0.3, 0.4) is 0 Å². The molecule has 0 saturated carbocycles. The van der Waals surface area contributed by atoms with Gasteiger partial charge in [-0.15, -0.1) is 0 Å². The van der Waals surface area contributed by atoms with Gasteiger partial charge in [0.05, 0.1) is 7.11 Å². The fourth-order valence-electron chi connectivity index (χ4n) is 2.04. The van der Waals surface area contributed by atoms with Gasteiger partial charge in [-0.1, -0.05) is 29.8 Å². The van der Waals surface area contributed by atoms with E-state index in [9.17, 15) is 4.39 Å². The molecule has 0 aliphatic heterocycles. The molecule has 112 valence electrons. The molecule has 0 saturated heterocycles. The van der Waals surface area contributed by atoms with Crippen molar-refractivity contribution in [1.82, 2.24) is 0 Å². The van der Waals surface area contributed by atoms with Gasteiger partial charge in [0.25, 0.3) is 0 Å². The fraction of sp³-hybridized carbons (Fsp3) is 0.250. The number of hydrogen-bond donors (Lipinski definition) is 1. The predicted molar refractivity (Wildman–Crippen MR) is 81.5 cm³/mol. The number of benzene rings is 2. The monoisotopic (exact) mass is 309 g/mol. The Morgan fingerprint density at radius 3 is 2.57 bits per heavy atom. The highest BCUT2D eigenvalue weighted by Crippen LogP contribution is 2.28. The molecule has 0 heterocycles. The molecule has 2 aromatic rings. The van der Waals surface area contributed by atoms with Crippen LogP contribution in [-0.4, -0.2) is 13.7 Å². The van der Waals surface area contributed by atoms with Crippen molar-refractivity contribution in [2.24, 2.45) is 5.73 Å². The summed E-state index contributed by atoms with van der Waals surface area (Å²) in [6, 6.07) is 10.3. The first-order valence-corrected chi connectivity index (χ1v) is 6.96. The van der Waals surface area contributed by atoms with Crippen LogP contribution in [-0.2, 0) is 13.0 Å². The number of methoxy groups -OCH3 is 1. The van der Waals surface area contributed by atoms with Crippen molar-refractivity contribution in [3.05, 3.63) is 58.4 Å². The van der Waals surface area contributed by atoms with Crippen molar-refractivity contribution in [1.29, 1.82) is 0 Å². The molecule has 0 atom stereocenters. The summed E-state index contributed by atoms with van der Waals surface area (Å²) in [4.78, 5) is 0. The fourth-order valence-corrected chi connectivity index (χ4v) is 2.30. The van der Waals surface area contributed by atoms with Gasteiger partial charge in [-0.3, -0.25) is 0 Å². The highest BCUT2D eigenvalue weighted by atomic mass is 35.5. The molecule has 3 nitrogen and oxygen atoms in total. The Labute approximate surface area is 128 Å². The lowest BCUT2D eigenvalue weighted by Gasteiger charge is -2.13. The molecule has 0 unspecified atom stereocenters. The maximum atomic E-state index is 14.1. The smallest absolute Gasteiger partial charge is 0.171 e. The van der Waals surface area contributed by atoms with E-state index in [1.807, 2.05) is 0 Å². The molecule has 0 aromatic heterocycles. The van der Waals surface area contributed by atoms with Gasteiger partial charge in [0.2, 0.25) is 0 Å². The number of nitrogens with two attached hydrogens (primary N) is 1. The normalized spacial score (nSPS) is 10.5. The lowest BCUT2D eigenvalue weighted by atomic mass is 10.1. The first-order chi connectivity index (χ1) is 10.2. The molecule has 2 rings (SSSR count). The summed E-state index contributed by atoms with van der Waals surface area (Å²) in [5, 5.41) is 0.601. The first-order valence-electron chi connectivity index (χ1n) is 6.59. The van der Waals surface area contributed by atoms with Crippen LogP contribution in [0.15, 0.2) is 36.4 Å². The summed E-state index contributed by atoms with van der Waals surface area (Å²) in [6.45, 7) is 0.564. The topological polar surface area (TPSA) is 44.5 Å². The standard InChI is InChI=1S/C16H17ClFNO2/c1-20-15-7-2-4-11(16(15)18)10-21-14-6-3-5-13(17)12(14)8-9-19/h2-7H,8-10,19H2,1H3. The minimum absolute atomic E-state index is 0.0982. The Morgan fingerprint density at radius 1 is 1.14 bits per heavy atom. The number of ether oxygens (including phenoxy) is 2. The predicted octanol–water partition coefficient (Wildman–Crippen LogP) is 3.57. The largest absolute Gasteiger partial charge is 0.494 e. The summed E-state index contributed by atoms with van der Waals surface area (Å²) in [5.41, 5.74) is 6.84. The van der Waals surface area contributed by atoms with Gasteiger partial charge >= 0.3 is 0 Å². The minimum atomic E-state index is -0.414. The van der Waals surface area contributed by atoms with Crippen LogP contribution >= 0.6 is 11.6 Å². The lowest BCUT2D eigenvalue weighted by Crippen LogP contribution is -2.07. The summed E-state index contributed by atoms with van der Waals surface area (Å²) in [6.07, 6.45) is 0.607. The second kappa shape index (κ2) is 7.29. The van der Waals surface area contributed by atoms with Crippen molar-refractivity contribution in [3.8, 4) is 11.5 Å². The van der Waals surface area contributed by atoms with Gasteiger partial charge in [-0.25, -0.2) is 4.39 Å². The lowest BCUT2D eigenvalue weighted by molar-refractivity contribution is 0.293. The van der Waals surface area contributed by atoms with Crippen LogP contribution in [0.25, 0.3) is 0 Å². The molecule has 5 heteroatoms. The second-order valence-electron chi connectivity index (χ2n) is 4.48. The Bertz CT molecular complexity index is 619. The third kappa shape index (κ3) is 3.65. The molecule has 0 fully saturated rings. The van der Waals surface area contributed by atoms with E-state index in [4.69, 9.17) is 26.8 Å². The van der Waals surface area contributed by atoms with E-state index in [2.05, 4.69) is 0 Å². The number of hydrogen-bond acceptors (Lipinski definition) is 3. The Kier molecular flexibility index (Phi) is 5.42. The van der Waals surface area contributed by atoms with E-state index in [0.717, 1.165) is 5.56 Å². The third-order valence-corrected chi connectivity index (χ3v) is 3.47. The Balaban J connectivity index is 2.19. The molecular formula is C16H17ClFNO2. The van der Waals surface area contributed by atoms with E-state index in [1.54, 1.807) is 36.4 Å². The molecule has 0 amide bonds. The highest BCUT2D eigenvalue weighted by Gasteiger charge is 2.11. The molecule has 0 radical (unpaired) electrons. The van der Waals surface area contributed by atoms with Gasteiger partial charge in [0, 0.05) is 16.1 Å². The van der Waals surface area contributed by atoms with Crippen LogP contribution in [0.2, 0.25) is 5.02 Å². The van der Waals surface area contributed by atoms with E-state index >= 15 is 0 Å². The summed E-state index contributed by atoms with van der Waals surface area (Å²) < 4.78 is 24.7. The van der Waals surface area contributed by atoms with Crippen LogP contribution in [0, 0.1) is 5.82 Å². The average Bonchev–Trinajstić information content (AvgIpc) is 2.49. The van der Waals surface area contributed by atoms with Gasteiger partial charge in [-0.2, -0.15) is 0 Å². The van der Waals surface area contributed by atoms with E-state index in [1.165, 1.54) is 7.11 Å². The highest BCUT2D eigenvalue weighted by molar-refractivity contribution is 6.31. The zero-order valence-corrected chi connectivity index (χ0v) is 12.5. The van der Waals surface area contributed by atoms with Gasteiger partial charge < -0.3 is 15.2 Å². The van der Waals surface area contributed by atoms with E-state index in [0.29, 0.717) is 29.3 Å². The first kappa shape index (κ1) is 15.6. The molecule has 0 aliphatic carbocycles. The van der Waals surface area contributed by atoms with Crippen LogP contribution in [0.1, 0.15) is 11.1 Å². The zero-order valence-electron chi connectivity index (χ0n) is 11.7. The van der Waals surface area contributed by atoms with E-state index in [-0.39, 0.29) is 12.4 Å². The summed E-state index contributed by atoms with van der Waals surface area (Å²) in [7, 11) is 1.43. The van der Waals surface area contributed by atoms with Crippen molar-refractivity contribution in [2.75, 3.05) is 13.7 Å². The van der Waals surface area contributed by atoms with Gasteiger partial charge in [0.15, 0.2) is 11.6 Å². The van der Waals surface area contributed by atoms with Crippen LogP contribution in [0.5, 0.6) is 11.5 Å². The van der Waals surface area contributed by atoms with Crippen LogP contribution in [0.4, 0.5) is 4.39 Å². The Morgan fingerprint density at radius 2 is 1.86 bits per heavy atom. The number of halogens is 2. The molecular weight excluding hydrogens is 293 g/mol. The Hall–Kier alpha value is -1.78. The molecule has 0 bridgehead atoms. The van der Waals surface area contributed by atoms with Crippen molar-refractivity contribution < 1.29 is 13.9 Å². The van der Waals surface area contributed by atoms with Crippen molar-refractivity contribution in [2.45, 2.75) is 13.0 Å².